The highest BCUT2D eigenvalue weighted by molar-refractivity contribution is 9.10. The maximum absolute atomic E-state index is 12.6. The molecule has 0 aliphatic heterocycles. The third kappa shape index (κ3) is 4.54. The third-order valence-electron chi connectivity index (χ3n) is 4.59. The van der Waals surface area contributed by atoms with E-state index in [1.807, 2.05) is 42.8 Å². The minimum Gasteiger partial charge on any atom is -0.318 e. The molecule has 4 aromatic rings. The van der Waals surface area contributed by atoms with Crippen LogP contribution in [0, 0.1) is 13.8 Å². The summed E-state index contributed by atoms with van der Waals surface area (Å²) in [6.07, 6.45) is 5.18. The van der Waals surface area contributed by atoms with E-state index in [0.717, 1.165) is 25.9 Å². The molecule has 0 aliphatic carbocycles. The van der Waals surface area contributed by atoms with E-state index in [-0.39, 0.29) is 5.91 Å². The monoisotopic (exact) mass is 531 g/mol. The number of nitrogens with one attached hydrogen (secondary N) is 1. The number of aromatic nitrogens is 6. The van der Waals surface area contributed by atoms with E-state index in [1.165, 1.54) is 0 Å². The van der Waals surface area contributed by atoms with Crippen molar-refractivity contribution < 1.29 is 4.79 Å². The van der Waals surface area contributed by atoms with Crippen molar-refractivity contribution in [1.82, 2.24) is 29.3 Å². The second kappa shape index (κ2) is 8.57. The molecule has 1 N–H and O–H groups in total. The fraction of sp³-hybridized carbons (Fsp3) is 0.200. The Morgan fingerprint density at radius 2 is 1.83 bits per heavy atom. The van der Waals surface area contributed by atoms with Crippen molar-refractivity contribution in [1.29, 1.82) is 0 Å². The van der Waals surface area contributed by atoms with Crippen molar-refractivity contribution in [3.05, 3.63) is 80.5 Å². The fourth-order valence-corrected chi connectivity index (χ4v) is 3.55. The number of hydrogen-bond donors (Lipinski definition) is 1. The average molecular weight is 533 g/mol. The lowest BCUT2D eigenvalue weighted by Gasteiger charge is -2.04. The summed E-state index contributed by atoms with van der Waals surface area (Å²) in [5, 5.41) is 16.0. The minimum atomic E-state index is -0.286. The van der Waals surface area contributed by atoms with Crippen LogP contribution in [-0.2, 0) is 13.2 Å². The van der Waals surface area contributed by atoms with Crippen LogP contribution in [0.15, 0.2) is 57.9 Å². The normalized spacial score (nSPS) is 11.1. The molecule has 8 nitrogen and oxygen atoms in total. The molecule has 3 heterocycles. The molecule has 0 aliphatic rings. The molecule has 1 amide bonds. The zero-order valence-corrected chi connectivity index (χ0v) is 19.6. The van der Waals surface area contributed by atoms with Crippen LogP contribution in [0.1, 0.15) is 27.4 Å². The van der Waals surface area contributed by atoms with E-state index in [1.54, 1.807) is 34.0 Å². The number of halogens is 2. The van der Waals surface area contributed by atoms with Gasteiger partial charge in [0.15, 0.2) is 5.69 Å². The number of amides is 1. The molecule has 0 spiro atoms. The molecule has 1 aromatic carbocycles. The van der Waals surface area contributed by atoms with Gasteiger partial charge >= 0.3 is 0 Å². The molecule has 0 saturated heterocycles. The van der Waals surface area contributed by atoms with Crippen LogP contribution in [0.5, 0.6) is 0 Å². The van der Waals surface area contributed by atoms with Crippen molar-refractivity contribution >= 4 is 43.5 Å². The Morgan fingerprint density at radius 3 is 2.53 bits per heavy atom. The molecule has 0 fully saturated rings. The Hall–Kier alpha value is -2.72. The van der Waals surface area contributed by atoms with Crippen molar-refractivity contribution in [2.45, 2.75) is 27.1 Å². The zero-order chi connectivity index (χ0) is 21.3. The van der Waals surface area contributed by atoms with Gasteiger partial charge in [-0.2, -0.15) is 15.3 Å². The van der Waals surface area contributed by atoms with Crippen molar-refractivity contribution in [3.63, 3.8) is 0 Å². The van der Waals surface area contributed by atoms with Crippen LogP contribution < -0.4 is 5.32 Å². The Balaban J connectivity index is 1.39. The van der Waals surface area contributed by atoms with Gasteiger partial charge in [0.2, 0.25) is 0 Å². The predicted octanol–water partition coefficient (Wildman–Crippen LogP) is 4.22. The third-order valence-corrected chi connectivity index (χ3v) is 6.27. The molecule has 10 heteroatoms. The number of hydrogen-bond acceptors (Lipinski definition) is 4. The molecular formula is C20H19Br2N7O. The van der Waals surface area contributed by atoms with Gasteiger partial charge in [0.1, 0.15) is 6.67 Å². The highest BCUT2D eigenvalue weighted by atomic mass is 79.9. The maximum atomic E-state index is 12.6. The minimum absolute atomic E-state index is 0.286. The lowest BCUT2D eigenvalue weighted by Crippen LogP contribution is -2.15. The van der Waals surface area contributed by atoms with Gasteiger partial charge in [-0.05, 0) is 53.5 Å². The smallest absolute Gasteiger partial charge is 0.276 e. The molecule has 0 bridgehead atoms. The van der Waals surface area contributed by atoms with Gasteiger partial charge in [-0.1, -0.05) is 28.1 Å². The first-order valence-corrected chi connectivity index (χ1v) is 10.8. The van der Waals surface area contributed by atoms with E-state index in [9.17, 15) is 4.79 Å². The van der Waals surface area contributed by atoms with Crippen LogP contribution in [0.25, 0.3) is 0 Å². The van der Waals surface area contributed by atoms with Crippen molar-refractivity contribution in [3.8, 4) is 0 Å². The summed E-state index contributed by atoms with van der Waals surface area (Å²) in [7, 11) is 0. The number of carbonyl (C=O) groups is 1. The molecular weight excluding hydrogens is 514 g/mol. The summed E-state index contributed by atoms with van der Waals surface area (Å²) in [6.45, 7) is 4.96. The first-order chi connectivity index (χ1) is 14.4. The second-order valence-corrected chi connectivity index (χ2v) is 8.58. The number of carbonyl (C=O) groups excluding carboxylic acids is 1. The molecule has 3 aromatic heterocycles. The Morgan fingerprint density at radius 1 is 1.07 bits per heavy atom. The summed E-state index contributed by atoms with van der Waals surface area (Å²) in [4.78, 5) is 12.6. The van der Waals surface area contributed by atoms with E-state index in [4.69, 9.17) is 0 Å². The largest absolute Gasteiger partial charge is 0.318 e. The van der Waals surface area contributed by atoms with Crippen LogP contribution >= 0.6 is 31.9 Å². The molecule has 0 saturated carbocycles. The van der Waals surface area contributed by atoms with Crippen molar-refractivity contribution in [2.75, 3.05) is 5.32 Å². The van der Waals surface area contributed by atoms with E-state index < -0.39 is 0 Å². The van der Waals surface area contributed by atoms with Crippen molar-refractivity contribution in [2.24, 2.45) is 0 Å². The lowest BCUT2D eigenvalue weighted by atomic mass is 10.2. The number of benzene rings is 1. The van der Waals surface area contributed by atoms with Crippen LogP contribution in [0.4, 0.5) is 5.69 Å². The van der Waals surface area contributed by atoms with E-state index in [0.29, 0.717) is 24.6 Å². The Labute approximate surface area is 190 Å². The van der Waals surface area contributed by atoms with Crippen LogP contribution in [-0.4, -0.2) is 35.2 Å². The molecule has 0 atom stereocenters. The first-order valence-electron chi connectivity index (χ1n) is 9.20. The number of aryl methyl sites for hydroxylation is 1. The SMILES string of the molecule is Cc1nn(Cn2ccc(C(=O)Nc3cnn(Cc4ccc(Br)cc4)c3)n2)c(C)c1Br. The topological polar surface area (TPSA) is 82.6 Å². The average Bonchev–Trinajstić information content (AvgIpc) is 3.42. The Bertz CT molecular complexity index is 1190. The number of rotatable bonds is 6. The second-order valence-electron chi connectivity index (χ2n) is 6.87. The molecule has 30 heavy (non-hydrogen) atoms. The molecule has 154 valence electrons. The van der Waals surface area contributed by atoms with Gasteiger partial charge in [0, 0.05) is 16.9 Å². The van der Waals surface area contributed by atoms with Gasteiger partial charge in [0.25, 0.3) is 5.91 Å². The van der Waals surface area contributed by atoms with Gasteiger partial charge in [-0.3, -0.25) is 14.2 Å². The molecule has 4 rings (SSSR count). The van der Waals surface area contributed by atoms with E-state index >= 15 is 0 Å². The predicted molar refractivity (Wildman–Crippen MR) is 120 cm³/mol. The Kier molecular flexibility index (Phi) is 5.87. The van der Waals surface area contributed by atoms with Crippen LogP contribution in [0.3, 0.4) is 0 Å². The summed E-state index contributed by atoms with van der Waals surface area (Å²) in [5.74, 6) is -0.286. The van der Waals surface area contributed by atoms with E-state index in [2.05, 4.69) is 52.5 Å². The maximum Gasteiger partial charge on any atom is 0.276 e. The zero-order valence-electron chi connectivity index (χ0n) is 16.4. The van der Waals surface area contributed by atoms with Crippen LogP contribution in [0.2, 0.25) is 0 Å². The standard InChI is InChI=1S/C20H19Br2N7O/c1-13-19(22)14(2)29(25-13)12-27-8-7-18(26-27)20(30)24-17-9-23-28(11-17)10-15-3-5-16(21)6-4-15/h3-9,11H,10,12H2,1-2H3,(H,24,30). The summed E-state index contributed by atoms with van der Waals surface area (Å²) in [6, 6.07) is 9.71. The molecule has 0 radical (unpaired) electrons. The summed E-state index contributed by atoms with van der Waals surface area (Å²) in [5.41, 5.74) is 3.99. The van der Waals surface area contributed by atoms with Gasteiger partial charge in [-0.25, -0.2) is 4.68 Å². The van der Waals surface area contributed by atoms with Gasteiger partial charge in [-0.15, -0.1) is 0 Å². The highest BCUT2D eigenvalue weighted by Crippen LogP contribution is 2.19. The van der Waals surface area contributed by atoms with Gasteiger partial charge < -0.3 is 5.32 Å². The molecule has 0 unspecified atom stereocenters. The first kappa shape index (κ1) is 20.5. The summed E-state index contributed by atoms with van der Waals surface area (Å²) >= 11 is 6.95. The number of nitrogens with zero attached hydrogens (tertiary/aromatic N) is 6. The quantitative estimate of drug-likeness (QED) is 0.403. The summed E-state index contributed by atoms with van der Waals surface area (Å²) < 4.78 is 7.30. The van der Waals surface area contributed by atoms with Gasteiger partial charge in [0.05, 0.1) is 34.3 Å². The highest BCUT2D eigenvalue weighted by Gasteiger charge is 2.13. The lowest BCUT2D eigenvalue weighted by molar-refractivity contribution is 0.102. The number of anilines is 1. The fourth-order valence-electron chi connectivity index (χ4n) is 3.00.